The molecule has 0 aliphatic heterocycles. The summed E-state index contributed by atoms with van der Waals surface area (Å²) in [4.78, 5) is 10.1. The molecule has 1 unspecified atom stereocenters. The standard InChI is InChI=1S/C7H15NO/c1-5-6(8-9)7(2,3)4/h6H,5H2,1-4H3. The fourth-order valence-corrected chi connectivity index (χ4v) is 0.845. The lowest BCUT2D eigenvalue weighted by Gasteiger charge is -2.22. The van der Waals surface area contributed by atoms with Gasteiger partial charge in [-0.3, -0.25) is 0 Å². The normalized spacial score (nSPS) is 15.1. The van der Waals surface area contributed by atoms with Gasteiger partial charge in [-0.1, -0.05) is 32.9 Å². The molecule has 0 aliphatic carbocycles. The summed E-state index contributed by atoms with van der Waals surface area (Å²) in [5, 5.41) is 3.03. The van der Waals surface area contributed by atoms with Crippen LogP contribution in [0.25, 0.3) is 0 Å². The lowest BCUT2D eigenvalue weighted by Crippen LogP contribution is -2.22. The Balaban J connectivity index is 3.94. The van der Waals surface area contributed by atoms with Crippen molar-refractivity contribution < 1.29 is 0 Å². The monoisotopic (exact) mass is 129 g/mol. The Bertz CT molecular complexity index is 93.6. The molecule has 0 aromatic rings. The third-order valence-corrected chi connectivity index (χ3v) is 1.51. The summed E-state index contributed by atoms with van der Waals surface area (Å²) in [5.41, 5.74) is 0.0382. The molecule has 0 fully saturated rings. The Kier molecular flexibility index (Phi) is 2.82. The van der Waals surface area contributed by atoms with Gasteiger partial charge in [0, 0.05) is 0 Å². The molecule has 9 heavy (non-hydrogen) atoms. The molecule has 0 rings (SSSR count). The van der Waals surface area contributed by atoms with Crippen LogP contribution in [0.5, 0.6) is 0 Å². The van der Waals surface area contributed by atoms with Gasteiger partial charge in [-0.05, 0) is 11.8 Å². The van der Waals surface area contributed by atoms with Crippen LogP contribution in [-0.2, 0) is 0 Å². The SMILES string of the molecule is CCC(N=O)C(C)(C)C. The minimum Gasteiger partial charge on any atom is -0.150 e. The summed E-state index contributed by atoms with van der Waals surface area (Å²) in [5.74, 6) is 0. The molecular formula is C7H15NO. The Labute approximate surface area is 56.6 Å². The van der Waals surface area contributed by atoms with Gasteiger partial charge in [-0.2, -0.15) is 4.91 Å². The molecule has 0 N–H and O–H groups in total. The van der Waals surface area contributed by atoms with Crippen LogP contribution in [0.15, 0.2) is 5.18 Å². The topological polar surface area (TPSA) is 29.4 Å². The average molecular weight is 129 g/mol. The highest BCUT2D eigenvalue weighted by Gasteiger charge is 2.22. The van der Waals surface area contributed by atoms with E-state index in [0.29, 0.717) is 0 Å². The molecular weight excluding hydrogens is 114 g/mol. The first-order chi connectivity index (χ1) is 4.02. The summed E-state index contributed by atoms with van der Waals surface area (Å²) in [7, 11) is 0. The highest BCUT2D eigenvalue weighted by molar-refractivity contribution is 4.77. The second-order valence-electron chi connectivity index (χ2n) is 3.40. The van der Waals surface area contributed by atoms with Gasteiger partial charge in [0.05, 0.1) is 6.04 Å². The van der Waals surface area contributed by atoms with E-state index in [9.17, 15) is 4.91 Å². The number of hydrogen-bond donors (Lipinski definition) is 0. The maximum atomic E-state index is 10.1. The van der Waals surface area contributed by atoms with Crippen LogP contribution in [-0.4, -0.2) is 6.04 Å². The molecule has 0 spiro atoms. The Morgan fingerprint density at radius 2 is 1.89 bits per heavy atom. The van der Waals surface area contributed by atoms with Crippen molar-refractivity contribution in [2.75, 3.05) is 0 Å². The second kappa shape index (κ2) is 2.95. The van der Waals surface area contributed by atoms with Gasteiger partial charge in [0.25, 0.3) is 0 Å². The fourth-order valence-electron chi connectivity index (χ4n) is 0.845. The van der Waals surface area contributed by atoms with E-state index in [-0.39, 0.29) is 11.5 Å². The molecule has 0 aromatic heterocycles. The molecule has 2 heteroatoms. The molecule has 0 aromatic carbocycles. The molecule has 1 atom stereocenters. The number of nitrogens with zero attached hydrogens (tertiary/aromatic N) is 1. The molecule has 0 bridgehead atoms. The van der Waals surface area contributed by atoms with Crippen LogP contribution >= 0.6 is 0 Å². The zero-order valence-corrected chi connectivity index (χ0v) is 6.64. The van der Waals surface area contributed by atoms with E-state index in [2.05, 4.69) is 5.18 Å². The van der Waals surface area contributed by atoms with Crippen LogP contribution in [0, 0.1) is 10.3 Å². The van der Waals surface area contributed by atoms with Crippen LogP contribution in [0.4, 0.5) is 0 Å². The van der Waals surface area contributed by atoms with Gasteiger partial charge < -0.3 is 0 Å². The molecule has 2 nitrogen and oxygen atoms in total. The minimum atomic E-state index is -0.0301. The van der Waals surface area contributed by atoms with Crippen molar-refractivity contribution in [3.05, 3.63) is 4.91 Å². The Morgan fingerprint density at radius 3 is 1.89 bits per heavy atom. The second-order valence-corrected chi connectivity index (χ2v) is 3.40. The van der Waals surface area contributed by atoms with Crippen LogP contribution in [0.2, 0.25) is 0 Å². The predicted octanol–water partition coefficient (Wildman–Crippen LogP) is 2.58. The molecule has 0 heterocycles. The summed E-state index contributed by atoms with van der Waals surface area (Å²) >= 11 is 0. The van der Waals surface area contributed by atoms with Crippen LogP contribution < -0.4 is 0 Å². The smallest absolute Gasteiger partial charge is 0.0965 e. The lowest BCUT2D eigenvalue weighted by molar-refractivity contribution is 0.313. The van der Waals surface area contributed by atoms with Crippen LogP contribution in [0.1, 0.15) is 34.1 Å². The molecule has 0 saturated carbocycles. The van der Waals surface area contributed by atoms with Gasteiger partial charge in [0.1, 0.15) is 0 Å². The van der Waals surface area contributed by atoms with Gasteiger partial charge in [0.2, 0.25) is 0 Å². The fraction of sp³-hybridized carbons (Fsp3) is 1.00. The zero-order chi connectivity index (χ0) is 7.49. The number of nitroso groups, excluding NO2 is 1. The van der Waals surface area contributed by atoms with Crippen molar-refractivity contribution in [1.29, 1.82) is 0 Å². The largest absolute Gasteiger partial charge is 0.150 e. The average Bonchev–Trinajstić information content (AvgIpc) is 1.65. The maximum Gasteiger partial charge on any atom is 0.0965 e. The van der Waals surface area contributed by atoms with Crippen molar-refractivity contribution in [3.8, 4) is 0 Å². The molecule has 0 amide bonds. The van der Waals surface area contributed by atoms with Gasteiger partial charge >= 0.3 is 0 Å². The molecule has 0 saturated heterocycles. The van der Waals surface area contributed by atoms with Gasteiger partial charge in [-0.25, -0.2) is 0 Å². The first kappa shape index (κ1) is 8.60. The quantitative estimate of drug-likeness (QED) is 0.527. The molecule has 0 radical (unpaired) electrons. The number of hydrogen-bond acceptors (Lipinski definition) is 2. The van der Waals surface area contributed by atoms with E-state index in [4.69, 9.17) is 0 Å². The highest BCUT2D eigenvalue weighted by atomic mass is 16.3. The van der Waals surface area contributed by atoms with Gasteiger partial charge in [-0.15, -0.1) is 0 Å². The van der Waals surface area contributed by atoms with Crippen molar-refractivity contribution in [1.82, 2.24) is 0 Å². The third kappa shape index (κ3) is 2.59. The highest BCUT2D eigenvalue weighted by Crippen LogP contribution is 2.23. The van der Waals surface area contributed by atoms with Gasteiger partial charge in [0.15, 0.2) is 0 Å². The number of rotatable bonds is 2. The Morgan fingerprint density at radius 1 is 1.44 bits per heavy atom. The van der Waals surface area contributed by atoms with Crippen molar-refractivity contribution in [2.24, 2.45) is 10.6 Å². The van der Waals surface area contributed by atoms with E-state index in [0.717, 1.165) is 6.42 Å². The molecule has 54 valence electrons. The predicted molar refractivity (Wildman–Crippen MR) is 39.3 cm³/mol. The summed E-state index contributed by atoms with van der Waals surface area (Å²) < 4.78 is 0. The van der Waals surface area contributed by atoms with E-state index < -0.39 is 0 Å². The van der Waals surface area contributed by atoms with E-state index in [1.165, 1.54) is 0 Å². The minimum absolute atomic E-state index is 0.0301. The molecule has 0 aliphatic rings. The van der Waals surface area contributed by atoms with Crippen LogP contribution in [0.3, 0.4) is 0 Å². The van der Waals surface area contributed by atoms with Crippen molar-refractivity contribution in [2.45, 2.75) is 40.2 Å². The third-order valence-electron chi connectivity index (χ3n) is 1.51. The maximum absolute atomic E-state index is 10.1. The zero-order valence-electron chi connectivity index (χ0n) is 6.64. The van der Waals surface area contributed by atoms with E-state index in [1.54, 1.807) is 0 Å². The van der Waals surface area contributed by atoms with Crippen molar-refractivity contribution in [3.63, 3.8) is 0 Å². The van der Waals surface area contributed by atoms with Crippen molar-refractivity contribution >= 4 is 0 Å². The van der Waals surface area contributed by atoms with E-state index in [1.807, 2.05) is 27.7 Å². The first-order valence-electron chi connectivity index (χ1n) is 3.34. The first-order valence-corrected chi connectivity index (χ1v) is 3.34. The summed E-state index contributed by atoms with van der Waals surface area (Å²) in [6.45, 7) is 8.07. The summed E-state index contributed by atoms with van der Waals surface area (Å²) in [6.07, 6.45) is 0.840. The Hall–Kier alpha value is -0.400. The summed E-state index contributed by atoms with van der Waals surface area (Å²) in [6, 6.07) is -0.0301. The lowest BCUT2D eigenvalue weighted by atomic mass is 9.86. The van der Waals surface area contributed by atoms with E-state index >= 15 is 0 Å².